The Kier molecular flexibility index (Phi) is 7.29. The third-order valence-electron chi connectivity index (χ3n) is 6.54. The van der Waals surface area contributed by atoms with E-state index in [-0.39, 0.29) is 17.2 Å². The number of ether oxygens (including phenoxy) is 3. The number of hydrogen-bond donors (Lipinski definition) is 0. The van der Waals surface area contributed by atoms with Gasteiger partial charge in [0.15, 0.2) is 17.4 Å². The molecule has 0 spiro atoms. The van der Waals surface area contributed by atoms with Gasteiger partial charge >= 0.3 is 0 Å². The number of hydrogen-bond acceptors (Lipinski definition) is 6. The van der Waals surface area contributed by atoms with Gasteiger partial charge < -0.3 is 14.2 Å². The smallest absolute Gasteiger partial charge is 0.281 e. The summed E-state index contributed by atoms with van der Waals surface area (Å²) in [5.41, 5.74) is 3.65. The second kappa shape index (κ2) is 11.5. The molecule has 0 saturated carbocycles. The third kappa shape index (κ3) is 5.67. The zero-order valence-electron chi connectivity index (χ0n) is 21.3. The Balaban J connectivity index is 1.23. The fraction of sp³-hybridized carbons (Fsp3) is 0.194. The van der Waals surface area contributed by atoms with Crippen molar-refractivity contribution in [2.24, 2.45) is 0 Å². The monoisotopic (exact) mass is 520 g/mol. The second-order valence-electron chi connectivity index (χ2n) is 9.36. The van der Waals surface area contributed by atoms with E-state index in [0.717, 1.165) is 16.7 Å². The predicted octanol–water partition coefficient (Wildman–Crippen LogP) is 4.86. The van der Waals surface area contributed by atoms with Gasteiger partial charge in [0.25, 0.3) is 5.56 Å². The van der Waals surface area contributed by atoms with Crippen molar-refractivity contribution >= 4 is 11.2 Å². The molecule has 8 heteroatoms. The van der Waals surface area contributed by atoms with E-state index >= 15 is 0 Å². The van der Waals surface area contributed by atoms with Crippen LogP contribution in [0.3, 0.4) is 0 Å². The molecule has 2 aromatic heterocycles. The molecule has 0 radical (unpaired) electrons. The first-order valence-corrected chi connectivity index (χ1v) is 12.9. The minimum Gasteiger partial charge on any atom is -0.489 e. The van der Waals surface area contributed by atoms with Crippen LogP contribution in [0.2, 0.25) is 0 Å². The van der Waals surface area contributed by atoms with Gasteiger partial charge in [0, 0.05) is 0 Å². The molecule has 3 aromatic carbocycles. The molecule has 6 rings (SSSR count). The molecule has 2 atom stereocenters. The molecule has 0 unspecified atom stereocenters. The normalized spacial score (nSPS) is 16.9. The van der Waals surface area contributed by atoms with Crippen LogP contribution in [0.4, 0.5) is 0 Å². The number of nitrogens with zero attached hydrogens (tertiary/aromatic N) is 4. The Morgan fingerprint density at radius 3 is 2.10 bits per heavy atom. The third-order valence-corrected chi connectivity index (χ3v) is 6.54. The maximum Gasteiger partial charge on any atom is 0.281 e. The van der Waals surface area contributed by atoms with E-state index in [4.69, 9.17) is 14.2 Å². The van der Waals surface area contributed by atoms with Crippen molar-refractivity contribution < 1.29 is 14.2 Å². The highest BCUT2D eigenvalue weighted by Gasteiger charge is 2.32. The van der Waals surface area contributed by atoms with Gasteiger partial charge in [0.2, 0.25) is 0 Å². The fourth-order valence-electron chi connectivity index (χ4n) is 4.57. The Morgan fingerprint density at radius 1 is 0.769 bits per heavy atom. The van der Waals surface area contributed by atoms with Crippen LogP contribution >= 0.6 is 0 Å². The quantitative estimate of drug-likeness (QED) is 0.262. The molecular weight excluding hydrogens is 492 g/mol. The van der Waals surface area contributed by atoms with Crippen LogP contribution < -0.4 is 5.56 Å². The van der Waals surface area contributed by atoms with Crippen LogP contribution in [0.1, 0.15) is 22.9 Å². The summed E-state index contributed by atoms with van der Waals surface area (Å²) >= 11 is 0. The Labute approximate surface area is 225 Å². The van der Waals surface area contributed by atoms with Crippen LogP contribution in [-0.2, 0) is 34.0 Å². The number of rotatable bonds is 10. The Morgan fingerprint density at radius 2 is 1.41 bits per heavy atom. The van der Waals surface area contributed by atoms with E-state index in [1.807, 2.05) is 97.1 Å². The number of benzene rings is 3. The van der Waals surface area contributed by atoms with Crippen molar-refractivity contribution in [3.63, 3.8) is 0 Å². The fourth-order valence-corrected chi connectivity index (χ4v) is 4.57. The molecule has 1 aliphatic rings. The first kappa shape index (κ1) is 24.8. The molecule has 0 bridgehead atoms. The molecule has 39 heavy (non-hydrogen) atoms. The summed E-state index contributed by atoms with van der Waals surface area (Å²) < 4.78 is 21.8. The number of fused-ring (bicyclic) bond motifs is 1. The maximum absolute atomic E-state index is 13.2. The lowest BCUT2D eigenvalue weighted by molar-refractivity contribution is -0.0499. The van der Waals surface area contributed by atoms with Crippen LogP contribution in [0, 0.1) is 0 Å². The van der Waals surface area contributed by atoms with Crippen LogP contribution in [-0.4, -0.2) is 31.8 Å². The summed E-state index contributed by atoms with van der Waals surface area (Å²) in [6.45, 7) is 1.64. The lowest BCUT2D eigenvalue weighted by Crippen LogP contribution is -2.22. The van der Waals surface area contributed by atoms with Crippen LogP contribution in [0.25, 0.3) is 11.2 Å². The molecule has 0 N–H and O–H groups in total. The molecule has 0 saturated heterocycles. The molecule has 0 amide bonds. The van der Waals surface area contributed by atoms with E-state index < -0.39 is 6.23 Å². The molecule has 196 valence electrons. The number of imidazole rings is 1. The van der Waals surface area contributed by atoms with Crippen molar-refractivity contribution in [1.82, 2.24) is 19.1 Å². The van der Waals surface area contributed by atoms with Gasteiger partial charge in [0.05, 0.1) is 26.1 Å². The van der Waals surface area contributed by atoms with Crippen molar-refractivity contribution in [3.05, 3.63) is 143 Å². The molecule has 5 aromatic rings. The van der Waals surface area contributed by atoms with Gasteiger partial charge in [-0.15, -0.1) is 0 Å². The summed E-state index contributed by atoms with van der Waals surface area (Å²) in [7, 11) is 0. The van der Waals surface area contributed by atoms with Crippen molar-refractivity contribution in [2.45, 2.75) is 32.1 Å². The zero-order chi connectivity index (χ0) is 26.4. The number of aromatic nitrogens is 4. The van der Waals surface area contributed by atoms with Gasteiger partial charge in [0.1, 0.15) is 24.8 Å². The zero-order valence-corrected chi connectivity index (χ0v) is 21.3. The van der Waals surface area contributed by atoms with Gasteiger partial charge in [-0.1, -0.05) is 91.0 Å². The van der Waals surface area contributed by atoms with Gasteiger partial charge in [-0.2, -0.15) is 0 Å². The van der Waals surface area contributed by atoms with Crippen LogP contribution in [0.15, 0.2) is 120 Å². The summed E-state index contributed by atoms with van der Waals surface area (Å²) in [6.07, 6.45) is 4.12. The standard InChI is InChI=1S/C31H28N4O4/c36-30-28-29(33-21-34(30)17-23-10-4-1-5-11-23)35(22-32-28)31-27(38-19-25-14-8-3-9-15-25)16-26(39-31)20-37-18-24-12-6-2-7-13-24/h1-16,21-22,26,31H,17-20H2/t26-,31-/m1/s1. The summed E-state index contributed by atoms with van der Waals surface area (Å²) in [6, 6.07) is 29.7. The van der Waals surface area contributed by atoms with E-state index in [1.165, 1.54) is 0 Å². The highest BCUT2D eigenvalue weighted by molar-refractivity contribution is 5.69. The summed E-state index contributed by atoms with van der Waals surface area (Å²) in [5, 5.41) is 0. The van der Waals surface area contributed by atoms with Gasteiger partial charge in [-0.3, -0.25) is 13.9 Å². The lowest BCUT2D eigenvalue weighted by Gasteiger charge is -2.19. The van der Waals surface area contributed by atoms with Crippen LogP contribution in [0.5, 0.6) is 0 Å². The Hall–Kier alpha value is -4.53. The minimum atomic E-state index is -0.624. The first-order chi connectivity index (χ1) is 19.2. The second-order valence-corrected chi connectivity index (χ2v) is 9.36. The highest BCUT2D eigenvalue weighted by Crippen LogP contribution is 2.32. The average molecular weight is 521 g/mol. The first-order valence-electron chi connectivity index (χ1n) is 12.9. The van der Waals surface area contributed by atoms with E-state index in [1.54, 1.807) is 21.8 Å². The van der Waals surface area contributed by atoms with E-state index in [2.05, 4.69) is 9.97 Å². The lowest BCUT2D eigenvalue weighted by atomic mass is 10.2. The predicted molar refractivity (Wildman–Crippen MR) is 147 cm³/mol. The molecular formula is C31H28N4O4. The molecule has 3 heterocycles. The Bertz CT molecular complexity index is 1610. The maximum atomic E-state index is 13.2. The SMILES string of the molecule is O=c1c2ncn([C@@H]3O[C@@H](COCc4ccccc4)C=C3OCc3ccccc3)c2ncn1Cc1ccccc1. The van der Waals surface area contributed by atoms with Crippen molar-refractivity contribution in [2.75, 3.05) is 6.61 Å². The highest BCUT2D eigenvalue weighted by atomic mass is 16.6. The van der Waals surface area contributed by atoms with Crippen molar-refractivity contribution in [3.8, 4) is 0 Å². The molecule has 0 fully saturated rings. The van der Waals surface area contributed by atoms with Crippen molar-refractivity contribution in [1.29, 1.82) is 0 Å². The van der Waals surface area contributed by atoms with E-state index in [9.17, 15) is 4.79 Å². The average Bonchev–Trinajstić information content (AvgIpc) is 3.59. The molecule has 8 nitrogen and oxygen atoms in total. The van der Waals surface area contributed by atoms with Gasteiger partial charge in [-0.05, 0) is 22.8 Å². The summed E-state index contributed by atoms with van der Waals surface area (Å²) in [4.78, 5) is 22.2. The largest absolute Gasteiger partial charge is 0.489 e. The minimum absolute atomic E-state index is 0.209. The molecule has 1 aliphatic heterocycles. The van der Waals surface area contributed by atoms with E-state index in [0.29, 0.717) is 37.8 Å². The van der Waals surface area contributed by atoms with Gasteiger partial charge in [-0.25, -0.2) is 9.97 Å². The molecule has 0 aliphatic carbocycles. The summed E-state index contributed by atoms with van der Waals surface area (Å²) in [5.74, 6) is 0.627. The topological polar surface area (TPSA) is 80.4 Å².